The van der Waals surface area contributed by atoms with Crippen molar-refractivity contribution in [2.24, 2.45) is 0 Å². The fourth-order valence-electron chi connectivity index (χ4n) is 1.67. The van der Waals surface area contributed by atoms with Crippen molar-refractivity contribution in [3.05, 3.63) is 63.6 Å². The monoisotopic (exact) mass is 365 g/mol. The van der Waals surface area contributed by atoms with Crippen LogP contribution in [0.4, 0.5) is 27.6 Å². The number of rotatable bonds is 3. The molecule has 0 aliphatic carbocycles. The number of hydrogen-bond donors (Lipinski definition) is 1. The molecular formula is C14H9BrF5N. The second-order valence-corrected chi connectivity index (χ2v) is 5.15. The van der Waals surface area contributed by atoms with Crippen molar-refractivity contribution in [2.45, 2.75) is 12.7 Å². The Balaban J connectivity index is 2.08. The van der Waals surface area contributed by atoms with Crippen LogP contribution in [0.2, 0.25) is 0 Å². The molecule has 0 unspecified atom stereocenters. The predicted molar refractivity (Wildman–Crippen MR) is 72.8 cm³/mol. The first-order valence-electron chi connectivity index (χ1n) is 5.82. The molecule has 0 bridgehead atoms. The topological polar surface area (TPSA) is 12.0 Å². The molecule has 0 spiro atoms. The van der Waals surface area contributed by atoms with Gasteiger partial charge in [0.15, 0.2) is 0 Å². The Morgan fingerprint density at radius 1 is 0.952 bits per heavy atom. The molecule has 0 saturated carbocycles. The van der Waals surface area contributed by atoms with Gasteiger partial charge >= 0.3 is 6.18 Å². The highest BCUT2D eigenvalue weighted by Gasteiger charge is 2.29. The highest BCUT2D eigenvalue weighted by molar-refractivity contribution is 9.10. The van der Waals surface area contributed by atoms with Crippen LogP contribution in [0, 0.1) is 11.6 Å². The van der Waals surface area contributed by atoms with Crippen molar-refractivity contribution >= 4 is 21.6 Å². The molecule has 0 amide bonds. The lowest BCUT2D eigenvalue weighted by Gasteiger charge is -2.10. The number of anilines is 1. The number of halogens is 6. The van der Waals surface area contributed by atoms with E-state index in [9.17, 15) is 22.0 Å². The maximum Gasteiger partial charge on any atom is 0.416 e. The first kappa shape index (κ1) is 15.8. The number of benzene rings is 2. The van der Waals surface area contributed by atoms with Gasteiger partial charge in [-0.3, -0.25) is 0 Å². The molecule has 2 aromatic rings. The molecule has 2 aromatic carbocycles. The Kier molecular flexibility index (Phi) is 4.51. The summed E-state index contributed by atoms with van der Waals surface area (Å²) in [6.45, 7) is 0.118. The van der Waals surface area contributed by atoms with E-state index in [1.165, 1.54) is 18.2 Å². The van der Waals surface area contributed by atoms with Crippen LogP contribution in [0.5, 0.6) is 0 Å². The third-order valence-corrected chi connectivity index (χ3v) is 3.38. The van der Waals surface area contributed by atoms with Crippen LogP contribution >= 0.6 is 15.9 Å². The van der Waals surface area contributed by atoms with Gasteiger partial charge in [0.2, 0.25) is 0 Å². The molecule has 0 aromatic heterocycles. The maximum absolute atomic E-state index is 13.5. The Morgan fingerprint density at radius 3 is 2.14 bits per heavy atom. The fraction of sp³-hybridized carbons (Fsp3) is 0.143. The summed E-state index contributed by atoms with van der Waals surface area (Å²) in [7, 11) is 0. The summed E-state index contributed by atoms with van der Waals surface area (Å²) in [6, 6.07) is 6.45. The Bertz CT molecular complexity index is 637. The van der Waals surface area contributed by atoms with E-state index in [-0.39, 0.29) is 16.7 Å². The normalized spacial score (nSPS) is 11.5. The number of alkyl halides is 3. The molecular weight excluding hydrogens is 357 g/mol. The molecule has 1 N–H and O–H groups in total. The van der Waals surface area contributed by atoms with E-state index < -0.39 is 23.4 Å². The minimum Gasteiger partial charge on any atom is -0.379 e. The van der Waals surface area contributed by atoms with Gasteiger partial charge in [-0.05, 0) is 39.7 Å². The van der Waals surface area contributed by atoms with Crippen molar-refractivity contribution in [1.29, 1.82) is 0 Å². The van der Waals surface area contributed by atoms with E-state index in [0.717, 1.165) is 18.2 Å². The Labute approximate surface area is 125 Å². The van der Waals surface area contributed by atoms with Crippen molar-refractivity contribution in [3.63, 3.8) is 0 Å². The van der Waals surface area contributed by atoms with Crippen molar-refractivity contribution in [3.8, 4) is 0 Å². The lowest BCUT2D eigenvalue weighted by Crippen LogP contribution is -2.06. The first-order valence-corrected chi connectivity index (χ1v) is 6.61. The third-order valence-electron chi connectivity index (χ3n) is 2.77. The maximum atomic E-state index is 13.5. The quantitative estimate of drug-likeness (QED) is 0.570. The van der Waals surface area contributed by atoms with E-state index in [1.807, 2.05) is 0 Å². The van der Waals surface area contributed by atoms with Gasteiger partial charge in [0, 0.05) is 12.6 Å². The lowest BCUT2D eigenvalue weighted by molar-refractivity contribution is -0.137. The van der Waals surface area contributed by atoms with Gasteiger partial charge in [0.1, 0.15) is 11.6 Å². The smallest absolute Gasteiger partial charge is 0.379 e. The van der Waals surface area contributed by atoms with Gasteiger partial charge in [0.25, 0.3) is 0 Å². The van der Waals surface area contributed by atoms with Gasteiger partial charge < -0.3 is 5.32 Å². The van der Waals surface area contributed by atoms with Crippen LogP contribution in [0.25, 0.3) is 0 Å². The van der Waals surface area contributed by atoms with E-state index in [4.69, 9.17) is 0 Å². The van der Waals surface area contributed by atoms with Crippen molar-refractivity contribution in [1.82, 2.24) is 0 Å². The second-order valence-electron chi connectivity index (χ2n) is 4.29. The average Bonchev–Trinajstić information content (AvgIpc) is 2.41. The Morgan fingerprint density at radius 2 is 1.57 bits per heavy atom. The summed E-state index contributed by atoms with van der Waals surface area (Å²) in [5.41, 5.74) is -0.145. The molecule has 0 radical (unpaired) electrons. The van der Waals surface area contributed by atoms with E-state index in [0.29, 0.717) is 5.56 Å². The summed E-state index contributed by atoms with van der Waals surface area (Å²) in [6.07, 6.45) is -4.39. The zero-order valence-electron chi connectivity index (χ0n) is 10.4. The number of nitrogens with one attached hydrogen (secondary N) is 1. The standard InChI is InChI=1S/C14H9BrF5N/c15-10-5-13(12(17)6-11(10)16)21-7-8-1-3-9(4-2-8)14(18,19)20/h1-6,21H,7H2. The summed E-state index contributed by atoms with van der Waals surface area (Å²) < 4.78 is 63.8. The van der Waals surface area contributed by atoms with E-state index in [2.05, 4.69) is 21.2 Å². The third kappa shape index (κ3) is 3.93. The molecule has 2 rings (SSSR count). The van der Waals surface area contributed by atoms with Gasteiger partial charge in [-0.25, -0.2) is 8.78 Å². The fourth-order valence-corrected chi connectivity index (χ4v) is 2.01. The molecule has 7 heteroatoms. The lowest BCUT2D eigenvalue weighted by atomic mass is 10.1. The van der Waals surface area contributed by atoms with Crippen LogP contribution in [-0.4, -0.2) is 0 Å². The second kappa shape index (κ2) is 6.01. The number of hydrogen-bond acceptors (Lipinski definition) is 1. The molecule has 0 heterocycles. The molecule has 112 valence electrons. The highest BCUT2D eigenvalue weighted by atomic mass is 79.9. The van der Waals surface area contributed by atoms with E-state index >= 15 is 0 Å². The summed E-state index contributed by atoms with van der Waals surface area (Å²) in [5.74, 6) is -1.50. The molecule has 0 aliphatic rings. The Hall–Kier alpha value is -1.63. The van der Waals surface area contributed by atoms with Gasteiger partial charge in [-0.2, -0.15) is 13.2 Å². The average molecular weight is 366 g/mol. The molecule has 0 saturated heterocycles. The molecule has 0 aliphatic heterocycles. The van der Waals surface area contributed by atoms with Crippen LogP contribution in [0.15, 0.2) is 40.9 Å². The van der Waals surface area contributed by atoms with Crippen LogP contribution in [0.1, 0.15) is 11.1 Å². The van der Waals surface area contributed by atoms with Gasteiger partial charge in [-0.15, -0.1) is 0 Å². The molecule has 1 nitrogen and oxygen atoms in total. The SMILES string of the molecule is Fc1cc(F)c(NCc2ccc(C(F)(F)F)cc2)cc1Br. The zero-order valence-corrected chi connectivity index (χ0v) is 12.0. The zero-order chi connectivity index (χ0) is 15.6. The highest BCUT2D eigenvalue weighted by Crippen LogP contribution is 2.29. The van der Waals surface area contributed by atoms with Gasteiger partial charge in [0.05, 0.1) is 15.7 Å². The molecule has 0 atom stereocenters. The first-order chi connectivity index (χ1) is 9.77. The largest absolute Gasteiger partial charge is 0.416 e. The van der Waals surface area contributed by atoms with Gasteiger partial charge in [-0.1, -0.05) is 12.1 Å². The minimum absolute atomic E-state index is 0.0585. The summed E-state index contributed by atoms with van der Waals surface area (Å²) in [5, 5.41) is 2.70. The minimum atomic E-state index is -4.39. The summed E-state index contributed by atoms with van der Waals surface area (Å²) >= 11 is 2.93. The van der Waals surface area contributed by atoms with Crippen LogP contribution in [0.3, 0.4) is 0 Å². The van der Waals surface area contributed by atoms with Crippen LogP contribution < -0.4 is 5.32 Å². The van der Waals surface area contributed by atoms with Crippen molar-refractivity contribution in [2.75, 3.05) is 5.32 Å². The summed E-state index contributed by atoms with van der Waals surface area (Å²) in [4.78, 5) is 0. The van der Waals surface area contributed by atoms with E-state index in [1.54, 1.807) is 0 Å². The molecule has 21 heavy (non-hydrogen) atoms. The molecule has 0 fully saturated rings. The van der Waals surface area contributed by atoms with Crippen molar-refractivity contribution < 1.29 is 22.0 Å². The van der Waals surface area contributed by atoms with Crippen LogP contribution in [-0.2, 0) is 12.7 Å². The predicted octanol–water partition coefficient (Wildman–Crippen LogP) is 5.36.